The third-order valence-corrected chi connectivity index (χ3v) is 5.79. The Hall–Kier alpha value is -0.160. The molecule has 0 radical (unpaired) electrons. The fourth-order valence-electron chi connectivity index (χ4n) is 4.71. The Morgan fingerprint density at radius 2 is 1.90 bits per heavy atom. The average Bonchev–Trinajstić information content (AvgIpc) is 3.02. The Labute approximate surface area is 123 Å². The maximum absolute atomic E-state index is 9.78. The van der Waals surface area contributed by atoms with E-state index in [2.05, 4.69) is 22.0 Å². The van der Waals surface area contributed by atoms with Gasteiger partial charge in [-0.15, -0.1) is 0 Å². The molecule has 2 aliphatic heterocycles. The van der Waals surface area contributed by atoms with Crippen LogP contribution < -0.4 is 5.32 Å². The highest BCUT2D eigenvalue weighted by molar-refractivity contribution is 5.00. The highest BCUT2D eigenvalue weighted by Gasteiger charge is 2.41. The summed E-state index contributed by atoms with van der Waals surface area (Å²) < 4.78 is 0. The molecule has 0 aromatic rings. The number of hydrogen-bond donors (Lipinski definition) is 2. The lowest BCUT2D eigenvalue weighted by atomic mass is 9.98. The molecule has 0 aromatic heterocycles. The first-order valence-electron chi connectivity index (χ1n) is 8.60. The molecule has 0 spiro atoms. The number of fused-ring (bicyclic) bond motifs is 1. The summed E-state index contributed by atoms with van der Waals surface area (Å²) in [5.74, 6) is 0. The van der Waals surface area contributed by atoms with Gasteiger partial charge in [-0.05, 0) is 64.7 Å². The van der Waals surface area contributed by atoms with Gasteiger partial charge in [0.15, 0.2) is 0 Å². The van der Waals surface area contributed by atoms with E-state index in [0.717, 1.165) is 25.4 Å². The second-order valence-corrected chi connectivity index (χ2v) is 7.05. The van der Waals surface area contributed by atoms with Crippen LogP contribution in [0, 0.1) is 0 Å². The van der Waals surface area contributed by atoms with Crippen molar-refractivity contribution >= 4 is 0 Å². The summed E-state index contributed by atoms with van der Waals surface area (Å²) in [4.78, 5) is 5.45. The zero-order chi connectivity index (χ0) is 14.0. The molecule has 2 N–H and O–H groups in total. The van der Waals surface area contributed by atoms with E-state index in [-0.39, 0.29) is 5.54 Å². The Morgan fingerprint density at radius 1 is 1.10 bits per heavy atom. The zero-order valence-electron chi connectivity index (χ0n) is 13.0. The van der Waals surface area contributed by atoms with Crippen molar-refractivity contribution in [2.75, 3.05) is 39.3 Å². The Morgan fingerprint density at radius 3 is 2.70 bits per heavy atom. The Bertz CT molecular complexity index is 325. The molecule has 2 saturated heterocycles. The summed E-state index contributed by atoms with van der Waals surface area (Å²) in [5.41, 5.74) is 0.00108. The highest BCUT2D eigenvalue weighted by atomic mass is 16.3. The fraction of sp³-hybridized carbons (Fsp3) is 1.00. The number of nitrogens with one attached hydrogen (secondary N) is 1. The largest absolute Gasteiger partial charge is 0.394 e. The fourth-order valence-corrected chi connectivity index (χ4v) is 4.71. The number of aliphatic hydroxyl groups is 1. The van der Waals surface area contributed by atoms with Crippen molar-refractivity contribution < 1.29 is 5.11 Å². The van der Waals surface area contributed by atoms with Crippen LogP contribution in [0.15, 0.2) is 0 Å². The maximum Gasteiger partial charge on any atom is 0.0613 e. The third kappa shape index (κ3) is 2.89. The normalized spacial score (nSPS) is 39.9. The van der Waals surface area contributed by atoms with Gasteiger partial charge in [-0.2, -0.15) is 0 Å². The van der Waals surface area contributed by atoms with Crippen molar-refractivity contribution in [3.05, 3.63) is 0 Å². The molecule has 0 bridgehead atoms. The van der Waals surface area contributed by atoms with Gasteiger partial charge in [-0.3, -0.25) is 9.80 Å². The molecule has 0 amide bonds. The molecule has 3 fully saturated rings. The summed E-state index contributed by atoms with van der Waals surface area (Å²) in [5, 5.41) is 13.3. The number of aliphatic hydroxyl groups excluding tert-OH is 1. The second-order valence-electron chi connectivity index (χ2n) is 7.05. The van der Waals surface area contributed by atoms with Gasteiger partial charge in [-0.1, -0.05) is 6.92 Å². The molecule has 1 saturated carbocycles. The van der Waals surface area contributed by atoms with Gasteiger partial charge < -0.3 is 10.4 Å². The first-order valence-corrected chi connectivity index (χ1v) is 8.60. The van der Waals surface area contributed by atoms with Crippen molar-refractivity contribution in [3.63, 3.8) is 0 Å². The number of hydrogen-bond acceptors (Lipinski definition) is 4. The van der Waals surface area contributed by atoms with E-state index in [9.17, 15) is 5.11 Å². The minimum Gasteiger partial charge on any atom is -0.394 e. The van der Waals surface area contributed by atoms with Crippen LogP contribution in [0.4, 0.5) is 0 Å². The molecule has 4 heteroatoms. The Kier molecular flexibility index (Phi) is 4.65. The minimum absolute atomic E-state index is 0.00108. The zero-order valence-corrected chi connectivity index (χ0v) is 13.0. The number of likely N-dealkylation sites (N-methyl/N-ethyl adjacent to an activating group) is 1. The summed E-state index contributed by atoms with van der Waals surface area (Å²) >= 11 is 0. The molecule has 3 atom stereocenters. The first kappa shape index (κ1) is 14.8. The van der Waals surface area contributed by atoms with Crippen molar-refractivity contribution in [1.82, 2.24) is 15.1 Å². The molecule has 116 valence electrons. The van der Waals surface area contributed by atoms with Crippen molar-refractivity contribution in [2.24, 2.45) is 0 Å². The molecule has 20 heavy (non-hydrogen) atoms. The predicted octanol–water partition coefficient (Wildman–Crippen LogP) is 1.05. The van der Waals surface area contributed by atoms with Gasteiger partial charge in [-0.25, -0.2) is 0 Å². The van der Waals surface area contributed by atoms with E-state index >= 15 is 0 Å². The lowest BCUT2D eigenvalue weighted by Gasteiger charge is -2.33. The van der Waals surface area contributed by atoms with Crippen LogP contribution in [-0.4, -0.2) is 71.9 Å². The van der Waals surface area contributed by atoms with Crippen LogP contribution in [0.3, 0.4) is 0 Å². The quantitative estimate of drug-likeness (QED) is 0.808. The van der Waals surface area contributed by atoms with Crippen LogP contribution in [0.5, 0.6) is 0 Å². The highest BCUT2D eigenvalue weighted by Crippen LogP contribution is 2.34. The SMILES string of the molecule is CCNC1(CO)CCC(N2CCCN3CCCC3C2)C1. The standard InChI is InChI=1S/C16H31N3O/c1-2-17-16(13-20)7-6-14(11-16)19-10-4-9-18-8-3-5-15(18)12-19/h14-15,17,20H,2-13H2,1H3. The average molecular weight is 281 g/mol. The van der Waals surface area contributed by atoms with Crippen LogP contribution in [0.1, 0.15) is 45.4 Å². The van der Waals surface area contributed by atoms with Gasteiger partial charge in [0.2, 0.25) is 0 Å². The minimum atomic E-state index is 0.00108. The lowest BCUT2D eigenvalue weighted by molar-refractivity contribution is 0.137. The van der Waals surface area contributed by atoms with E-state index in [1.165, 1.54) is 51.9 Å². The van der Waals surface area contributed by atoms with Gasteiger partial charge in [0, 0.05) is 24.2 Å². The molecule has 1 aliphatic carbocycles. The van der Waals surface area contributed by atoms with Gasteiger partial charge in [0.25, 0.3) is 0 Å². The van der Waals surface area contributed by atoms with E-state index in [1.807, 2.05) is 0 Å². The molecule has 4 nitrogen and oxygen atoms in total. The van der Waals surface area contributed by atoms with Gasteiger partial charge in [0.1, 0.15) is 0 Å². The van der Waals surface area contributed by atoms with Crippen LogP contribution >= 0.6 is 0 Å². The smallest absolute Gasteiger partial charge is 0.0613 e. The van der Waals surface area contributed by atoms with Gasteiger partial charge >= 0.3 is 0 Å². The van der Waals surface area contributed by atoms with E-state index in [4.69, 9.17) is 0 Å². The summed E-state index contributed by atoms with van der Waals surface area (Å²) in [6.45, 7) is 8.54. The van der Waals surface area contributed by atoms with E-state index < -0.39 is 0 Å². The van der Waals surface area contributed by atoms with Gasteiger partial charge in [0.05, 0.1) is 6.61 Å². The second kappa shape index (κ2) is 6.30. The van der Waals surface area contributed by atoms with Crippen molar-refractivity contribution in [1.29, 1.82) is 0 Å². The topological polar surface area (TPSA) is 38.7 Å². The first-order chi connectivity index (χ1) is 9.76. The summed E-state index contributed by atoms with van der Waals surface area (Å²) in [6.07, 6.45) is 7.61. The maximum atomic E-state index is 9.78. The summed E-state index contributed by atoms with van der Waals surface area (Å²) in [7, 11) is 0. The van der Waals surface area contributed by atoms with E-state index in [1.54, 1.807) is 0 Å². The molecule has 3 rings (SSSR count). The molecule has 0 aromatic carbocycles. The molecule has 3 unspecified atom stereocenters. The van der Waals surface area contributed by atoms with Crippen molar-refractivity contribution in [2.45, 2.75) is 63.1 Å². The molecule has 2 heterocycles. The monoisotopic (exact) mass is 281 g/mol. The van der Waals surface area contributed by atoms with Crippen molar-refractivity contribution in [3.8, 4) is 0 Å². The summed E-state index contributed by atoms with van der Waals surface area (Å²) in [6, 6.07) is 1.49. The third-order valence-electron chi connectivity index (χ3n) is 5.79. The van der Waals surface area contributed by atoms with Crippen LogP contribution in [0.2, 0.25) is 0 Å². The van der Waals surface area contributed by atoms with E-state index in [0.29, 0.717) is 12.6 Å². The number of rotatable bonds is 4. The molecule has 3 aliphatic rings. The number of nitrogens with zero attached hydrogens (tertiary/aromatic N) is 2. The molecular weight excluding hydrogens is 250 g/mol. The molecular formula is C16H31N3O. The lowest BCUT2D eigenvalue weighted by Crippen LogP contribution is -2.48. The van der Waals surface area contributed by atoms with Crippen LogP contribution in [0.25, 0.3) is 0 Å². The Balaban J connectivity index is 1.61. The van der Waals surface area contributed by atoms with Crippen LogP contribution in [-0.2, 0) is 0 Å². The predicted molar refractivity (Wildman–Crippen MR) is 81.9 cm³/mol.